The lowest BCUT2D eigenvalue weighted by molar-refractivity contribution is 0.378. The van der Waals surface area contributed by atoms with Gasteiger partial charge < -0.3 is 28.7 Å². The topological polar surface area (TPSA) is 119 Å². The van der Waals surface area contributed by atoms with E-state index in [0.717, 1.165) is 0 Å². The van der Waals surface area contributed by atoms with E-state index in [4.69, 9.17) is 42.5 Å². The summed E-state index contributed by atoms with van der Waals surface area (Å²) in [7, 11) is -7.46. The summed E-state index contributed by atoms with van der Waals surface area (Å²) in [6.07, 6.45) is 0. The average Bonchev–Trinajstić information content (AvgIpc) is 2.98. The van der Waals surface area contributed by atoms with Crippen molar-refractivity contribution in [3.05, 3.63) is 121 Å². The van der Waals surface area contributed by atoms with Crippen LogP contribution in [0.2, 0.25) is 0 Å². The molecule has 0 aromatic heterocycles. The van der Waals surface area contributed by atoms with E-state index in [1.807, 2.05) is 52.0 Å². The Labute approximate surface area is 281 Å². The van der Waals surface area contributed by atoms with Crippen LogP contribution >= 0.6 is 39.9 Å². The van der Waals surface area contributed by atoms with E-state index in [-0.39, 0.29) is 22.3 Å². The van der Waals surface area contributed by atoms with Crippen LogP contribution in [0.4, 0.5) is 0 Å². The van der Waals surface area contributed by atoms with Crippen LogP contribution in [0.1, 0.15) is 27.7 Å². The Morgan fingerprint density at radius 3 is 0.891 bits per heavy atom. The minimum absolute atomic E-state index is 0.0944. The van der Waals surface area contributed by atoms with Crippen LogP contribution in [-0.2, 0) is 9.13 Å². The SMILES string of the molecule is CC(C)NC(=S)NP(=O)(Oc1ccccc1)Oc1ccccc1.CC(C)NC(=S)NP(=O)(Oc1ccccc1)Oc1ccccc1. The summed E-state index contributed by atoms with van der Waals surface area (Å²) in [5, 5.41) is 11.6. The zero-order valence-corrected chi connectivity index (χ0v) is 29.3. The number of para-hydroxylation sites is 4. The molecule has 0 amide bonds. The molecule has 4 aromatic carbocycles. The van der Waals surface area contributed by atoms with Crippen molar-refractivity contribution in [2.24, 2.45) is 0 Å². The second-order valence-electron chi connectivity index (χ2n) is 10.1. The van der Waals surface area contributed by atoms with E-state index in [1.54, 1.807) is 97.1 Å². The van der Waals surface area contributed by atoms with Crippen LogP contribution in [-0.4, -0.2) is 22.3 Å². The predicted molar refractivity (Wildman–Crippen MR) is 192 cm³/mol. The molecule has 4 aromatic rings. The van der Waals surface area contributed by atoms with Gasteiger partial charge in [0.2, 0.25) is 0 Å². The highest BCUT2D eigenvalue weighted by Crippen LogP contribution is 2.45. The minimum Gasteiger partial charge on any atom is -0.400 e. The van der Waals surface area contributed by atoms with Gasteiger partial charge in [0.1, 0.15) is 23.0 Å². The van der Waals surface area contributed by atoms with Gasteiger partial charge in [-0.25, -0.2) is 19.3 Å². The molecule has 0 heterocycles. The first-order valence-corrected chi connectivity index (χ1v) is 18.2. The first-order valence-electron chi connectivity index (χ1n) is 14.3. The zero-order chi connectivity index (χ0) is 33.4. The van der Waals surface area contributed by atoms with Gasteiger partial charge in [-0.2, -0.15) is 0 Å². The maximum atomic E-state index is 13.1. The maximum Gasteiger partial charge on any atom is 0.543 e. The van der Waals surface area contributed by atoms with Crippen LogP contribution in [0.25, 0.3) is 0 Å². The van der Waals surface area contributed by atoms with Crippen molar-refractivity contribution in [1.82, 2.24) is 20.8 Å². The largest absolute Gasteiger partial charge is 0.543 e. The van der Waals surface area contributed by atoms with Crippen molar-refractivity contribution in [3.8, 4) is 23.0 Å². The van der Waals surface area contributed by atoms with E-state index in [0.29, 0.717) is 23.0 Å². The molecule has 0 unspecified atom stereocenters. The Morgan fingerprint density at radius 1 is 0.478 bits per heavy atom. The molecule has 0 bridgehead atoms. The van der Waals surface area contributed by atoms with E-state index < -0.39 is 15.5 Å². The Balaban J connectivity index is 0.000000250. The summed E-state index contributed by atoms with van der Waals surface area (Å²) in [4.78, 5) is 0. The Bertz CT molecular complexity index is 1390. The summed E-state index contributed by atoms with van der Waals surface area (Å²) >= 11 is 10.3. The molecule has 46 heavy (non-hydrogen) atoms. The molecule has 0 fully saturated rings. The van der Waals surface area contributed by atoms with Gasteiger partial charge in [-0.15, -0.1) is 0 Å². The fourth-order valence-electron chi connectivity index (χ4n) is 3.45. The fraction of sp³-hybridized carbons (Fsp3) is 0.188. The number of hydrogen-bond donors (Lipinski definition) is 4. The first-order chi connectivity index (χ1) is 21.9. The van der Waals surface area contributed by atoms with Crippen LogP contribution < -0.4 is 38.9 Å². The summed E-state index contributed by atoms with van der Waals surface area (Å²) in [5.41, 5.74) is 0. The highest BCUT2D eigenvalue weighted by molar-refractivity contribution is 7.81. The lowest BCUT2D eigenvalue weighted by atomic mass is 10.3. The van der Waals surface area contributed by atoms with Crippen molar-refractivity contribution in [2.45, 2.75) is 39.8 Å². The van der Waals surface area contributed by atoms with Crippen LogP contribution in [0.15, 0.2) is 121 Å². The lowest BCUT2D eigenvalue weighted by Gasteiger charge is -2.22. The van der Waals surface area contributed by atoms with Gasteiger partial charge in [-0.05, 0) is 101 Å². The maximum absolute atomic E-state index is 13.1. The predicted octanol–water partition coefficient (Wildman–Crippen LogP) is 8.25. The molecule has 0 atom stereocenters. The summed E-state index contributed by atoms with van der Waals surface area (Å²) in [6.45, 7) is 7.70. The molecule has 0 radical (unpaired) electrons. The van der Waals surface area contributed by atoms with Crippen molar-refractivity contribution in [2.75, 3.05) is 0 Å². The third-order valence-corrected chi connectivity index (χ3v) is 8.73. The molecule has 0 spiro atoms. The van der Waals surface area contributed by atoms with E-state index in [1.165, 1.54) is 0 Å². The van der Waals surface area contributed by atoms with Crippen LogP contribution in [0.5, 0.6) is 23.0 Å². The van der Waals surface area contributed by atoms with Gasteiger partial charge in [0, 0.05) is 12.1 Å². The Kier molecular flexibility index (Phi) is 14.4. The number of hydrogen-bond acceptors (Lipinski definition) is 8. The molecular formula is C32H38N4O6P2S2. The monoisotopic (exact) mass is 700 g/mol. The number of nitrogens with one attached hydrogen (secondary N) is 4. The highest BCUT2D eigenvalue weighted by atomic mass is 32.1. The molecule has 4 N–H and O–H groups in total. The Hall–Kier alpha value is -4.08. The van der Waals surface area contributed by atoms with Crippen LogP contribution in [0, 0.1) is 0 Å². The van der Waals surface area contributed by atoms with E-state index >= 15 is 0 Å². The molecule has 244 valence electrons. The van der Waals surface area contributed by atoms with Crippen molar-refractivity contribution >= 4 is 50.2 Å². The Morgan fingerprint density at radius 2 is 0.696 bits per heavy atom. The molecule has 0 aliphatic carbocycles. The highest BCUT2D eigenvalue weighted by Gasteiger charge is 2.31. The molecule has 0 aliphatic heterocycles. The van der Waals surface area contributed by atoms with Gasteiger partial charge in [-0.1, -0.05) is 72.8 Å². The second-order valence-corrected chi connectivity index (χ2v) is 14.1. The van der Waals surface area contributed by atoms with Crippen LogP contribution in [0.3, 0.4) is 0 Å². The molecule has 10 nitrogen and oxygen atoms in total. The molecule has 14 heteroatoms. The summed E-state index contributed by atoms with van der Waals surface area (Å²) in [6, 6.07) is 35.4. The molecule has 4 rings (SSSR count). The molecule has 0 saturated carbocycles. The van der Waals surface area contributed by atoms with Crippen molar-refractivity contribution < 1.29 is 27.2 Å². The van der Waals surface area contributed by atoms with E-state index in [9.17, 15) is 9.13 Å². The standard InChI is InChI=1S/2C16H19N2O3PS/c2*1-13(2)17-16(23)18-22(19,20-14-9-5-3-6-10-14)21-15-11-7-4-8-12-15/h2*3-13H,1-2H3,(H2,17,18,19,23). The van der Waals surface area contributed by atoms with E-state index in [2.05, 4.69) is 20.8 Å². The fourth-order valence-corrected chi connectivity index (χ4v) is 7.07. The second kappa shape index (κ2) is 18.2. The normalized spacial score (nSPS) is 10.9. The third kappa shape index (κ3) is 13.9. The summed E-state index contributed by atoms with van der Waals surface area (Å²) in [5.74, 6) is 1.69. The van der Waals surface area contributed by atoms with Gasteiger partial charge in [0.15, 0.2) is 10.2 Å². The quantitative estimate of drug-likeness (QED) is 0.0842. The summed E-state index contributed by atoms with van der Waals surface area (Å²) < 4.78 is 48.3. The van der Waals surface area contributed by atoms with Crippen molar-refractivity contribution in [1.29, 1.82) is 0 Å². The molecular weight excluding hydrogens is 662 g/mol. The van der Waals surface area contributed by atoms with Gasteiger partial charge in [0.25, 0.3) is 0 Å². The van der Waals surface area contributed by atoms with Crippen molar-refractivity contribution in [3.63, 3.8) is 0 Å². The smallest absolute Gasteiger partial charge is 0.400 e. The van der Waals surface area contributed by atoms with Gasteiger partial charge >= 0.3 is 15.5 Å². The third-order valence-electron chi connectivity index (χ3n) is 5.19. The minimum atomic E-state index is -3.73. The number of rotatable bonds is 12. The van der Waals surface area contributed by atoms with Gasteiger partial charge in [0.05, 0.1) is 0 Å². The molecule has 0 aliphatic rings. The van der Waals surface area contributed by atoms with Gasteiger partial charge in [-0.3, -0.25) is 0 Å². The first kappa shape index (κ1) is 36.4. The number of thiocarbonyl (C=S) groups is 2. The lowest BCUT2D eigenvalue weighted by Crippen LogP contribution is -2.39. The average molecular weight is 701 g/mol. The number of benzene rings is 4. The zero-order valence-electron chi connectivity index (χ0n) is 25.9. The molecule has 0 saturated heterocycles.